The van der Waals surface area contributed by atoms with Crippen LogP contribution in [-0.4, -0.2) is 7.05 Å². The Morgan fingerprint density at radius 1 is 1.67 bits per heavy atom. The lowest BCUT2D eigenvalue weighted by molar-refractivity contribution is 0.501. The van der Waals surface area contributed by atoms with E-state index < -0.39 is 0 Å². The molecule has 1 nitrogen and oxygen atoms in total. The van der Waals surface area contributed by atoms with Crippen molar-refractivity contribution in [2.75, 3.05) is 7.05 Å². The van der Waals surface area contributed by atoms with E-state index in [1.807, 2.05) is 11.3 Å². The summed E-state index contributed by atoms with van der Waals surface area (Å²) in [7, 11) is 2.06. The molecular formula is C9H12INS. The third kappa shape index (κ3) is 1.54. The summed E-state index contributed by atoms with van der Waals surface area (Å²) in [5.74, 6) is 0. The van der Waals surface area contributed by atoms with Crippen LogP contribution in [0.25, 0.3) is 0 Å². The van der Waals surface area contributed by atoms with E-state index in [0.717, 1.165) is 0 Å². The molecule has 12 heavy (non-hydrogen) atoms. The zero-order valence-electron chi connectivity index (χ0n) is 7.06. The van der Waals surface area contributed by atoms with Crippen LogP contribution in [0.2, 0.25) is 0 Å². The molecule has 1 aliphatic carbocycles. The van der Waals surface area contributed by atoms with E-state index in [0.29, 0.717) is 6.04 Å². The van der Waals surface area contributed by atoms with Crippen LogP contribution < -0.4 is 5.32 Å². The minimum absolute atomic E-state index is 0.619. The van der Waals surface area contributed by atoms with Crippen LogP contribution in [0.5, 0.6) is 0 Å². The SMILES string of the molecule is CNC1CCCc2sc(I)cc21. The molecule has 1 aromatic rings. The van der Waals surface area contributed by atoms with Gasteiger partial charge in [0.25, 0.3) is 0 Å². The van der Waals surface area contributed by atoms with Crippen LogP contribution >= 0.6 is 33.9 Å². The molecule has 1 heterocycles. The molecule has 66 valence electrons. The zero-order chi connectivity index (χ0) is 8.55. The molecule has 2 rings (SSSR count). The number of fused-ring (bicyclic) bond motifs is 1. The molecule has 0 aromatic carbocycles. The standard InChI is InChI=1S/C9H12INS/c1-11-7-3-2-4-8-6(7)5-9(10)12-8/h5,7,11H,2-4H2,1H3. The maximum atomic E-state index is 3.38. The van der Waals surface area contributed by atoms with Gasteiger partial charge in [-0.1, -0.05) is 0 Å². The molecule has 3 heteroatoms. The number of aryl methyl sites for hydroxylation is 1. The fourth-order valence-electron chi connectivity index (χ4n) is 1.82. The van der Waals surface area contributed by atoms with Gasteiger partial charge in [-0.2, -0.15) is 0 Å². The van der Waals surface area contributed by atoms with Crippen molar-refractivity contribution < 1.29 is 0 Å². The number of nitrogens with one attached hydrogen (secondary N) is 1. The molecule has 1 aliphatic rings. The monoisotopic (exact) mass is 293 g/mol. The van der Waals surface area contributed by atoms with Crippen LogP contribution in [-0.2, 0) is 6.42 Å². The predicted molar refractivity (Wildman–Crippen MR) is 61.8 cm³/mol. The summed E-state index contributed by atoms with van der Waals surface area (Å²) < 4.78 is 1.43. The average molecular weight is 293 g/mol. The van der Waals surface area contributed by atoms with Gasteiger partial charge >= 0.3 is 0 Å². The summed E-state index contributed by atoms with van der Waals surface area (Å²) in [4.78, 5) is 1.60. The van der Waals surface area contributed by atoms with Crippen LogP contribution in [0.1, 0.15) is 29.3 Å². The maximum Gasteiger partial charge on any atom is 0.0659 e. The van der Waals surface area contributed by atoms with E-state index in [2.05, 4.69) is 41.0 Å². The van der Waals surface area contributed by atoms with Gasteiger partial charge in [0.2, 0.25) is 0 Å². The first kappa shape index (κ1) is 8.97. The van der Waals surface area contributed by atoms with Gasteiger partial charge in [0.15, 0.2) is 0 Å². The van der Waals surface area contributed by atoms with Crippen molar-refractivity contribution in [2.45, 2.75) is 25.3 Å². The molecule has 1 unspecified atom stereocenters. The third-order valence-electron chi connectivity index (χ3n) is 2.43. The molecule has 0 amide bonds. The second-order valence-electron chi connectivity index (χ2n) is 3.16. The Morgan fingerprint density at radius 3 is 3.25 bits per heavy atom. The maximum absolute atomic E-state index is 3.38. The molecule has 1 aromatic heterocycles. The number of hydrogen-bond donors (Lipinski definition) is 1. The Kier molecular flexibility index (Phi) is 2.72. The summed E-state index contributed by atoms with van der Waals surface area (Å²) in [6, 6.07) is 2.95. The second kappa shape index (κ2) is 3.64. The zero-order valence-corrected chi connectivity index (χ0v) is 10.0. The fourth-order valence-corrected chi connectivity index (χ4v) is 3.94. The number of rotatable bonds is 1. The van der Waals surface area contributed by atoms with Gasteiger partial charge < -0.3 is 5.32 Å². The molecule has 1 atom stereocenters. The molecule has 1 N–H and O–H groups in total. The number of hydrogen-bond acceptors (Lipinski definition) is 2. The molecule has 0 spiro atoms. The first-order chi connectivity index (χ1) is 5.81. The van der Waals surface area contributed by atoms with Crippen LogP contribution in [0.15, 0.2) is 6.07 Å². The van der Waals surface area contributed by atoms with Crippen molar-refractivity contribution in [1.29, 1.82) is 0 Å². The highest BCUT2D eigenvalue weighted by Crippen LogP contribution is 2.35. The van der Waals surface area contributed by atoms with E-state index in [9.17, 15) is 0 Å². The molecule has 0 radical (unpaired) electrons. The van der Waals surface area contributed by atoms with Gasteiger partial charge in [-0.05, 0) is 60.5 Å². The lowest BCUT2D eigenvalue weighted by Gasteiger charge is -2.21. The van der Waals surface area contributed by atoms with Gasteiger partial charge in [0.05, 0.1) is 2.88 Å². The molecule has 0 saturated carbocycles. The largest absolute Gasteiger partial charge is 0.313 e. The predicted octanol–water partition coefficient (Wildman–Crippen LogP) is 2.95. The Labute approximate surface area is 90.7 Å². The smallest absolute Gasteiger partial charge is 0.0659 e. The highest BCUT2D eigenvalue weighted by Gasteiger charge is 2.20. The summed E-state index contributed by atoms with van der Waals surface area (Å²) in [6.45, 7) is 0. The van der Waals surface area contributed by atoms with E-state index in [-0.39, 0.29) is 0 Å². The normalized spacial score (nSPS) is 22.3. The van der Waals surface area contributed by atoms with E-state index in [4.69, 9.17) is 0 Å². The number of thiophene rings is 1. The highest BCUT2D eigenvalue weighted by atomic mass is 127. The van der Waals surface area contributed by atoms with Gasteiger partial charge in [-0.3, -0.25) is 0 Å². The van der Waals surface area contributed by atoms with Crippen LogP contribution in [0.3, 0.4) is 0 Å². The van der Waals surface area contributed by atoms with Crippen molar-refractivity contribution in [3.8, 4) is 0 Å². The first-order valence-electron chi connectivity index (χ1n) is 4.26. The van der Waals surface area contributed by atoms with Gasteiger partial charge in [0.1, 0.15) is 0 Å². The van der Waals surface area contributed by atoms with Crippen molar-refractivity contribution in [2.24, 2.45) is 0 Å². The topological polar surface area (TPSA) is 12.0 Å². The van der Waals surface area contributed by atoms with Gasteiger partial charge in [-0.15, -0.1) is 11.3 Å². The summed E-state index contributed by atoms with van der Waals surface area (Å²) in [5.41, 5.74) is 1.55. The highest BCUT2D eigenvalue weighted by molar-refractivity contribution is 14.1. The molecular weight excluding hydrogens is 281 g/mol. The summed E-state index contributed by atoms with van der Waals surface area (Å²) in [5, 5.41) is 3.38. The Bertz CT molecular complexity index is 282. The summed E-state index contributed by atoms with van der Waals surface area (Å²) in [6.07, 6.45) is 3.94. The minimum Gasteiger partial charge on any atom is -0.313 e. The van der Waals surface area contributed by atoms with Crippen molar-refractivity contribution in [3.63, 3.8) is 0 Å². The summed E-state index contributed by atoms with van der Waals surface area (Å²) >= 11 is 4.37. The molecule has 0 saturated heterocycles. The van der Waals surface area contributed by atoms with Gasteiger partial charge in [-0.25, -0.2) is 0 Å². The van der Waals surface area contributed by atoms with E-state index >= 15 is 0 Å². The number of halogens is 1. The lowest BCUT2D eigenvalue weighted by atomic mass is 9.94. The van der Waals surface area contributed by atoms with Gasteiger partial charge in [0, 0.05) is 10.9 Å². The van der Waals surface area contributed by atoms with E-state index in [1.54, 1.807) is 10.4 Å². The second-order valence-corrected chi connectivity index (χ2v) is 6.19. The van der Waals surface area contributed by atoms with E-state index in [1.165, 1.54) is 22.1 Å². The van der Waals surface area contributed by atoms with Crippen molar-refractivity contribution in [3.05, 3.63) is 19.4 Å². The van der Waals surface area contributed by atoms with Crippen molar-refractivity contribution >= 4 is 33.9 Å². The Hall–Kier alpha value is 0.390. The van der Waals surface area contributed by atoms with Crippen LogP contribution in [0, 0.1) is 2.88 Å². The van der Waals surface area contributed by atoms with Crippen molar-refractivity contribution in [1.82, 2.24) is 5.32 Å². The molecule has 0 bridgehead atoms. The average Bonchev–Trinajstić information content (AvgIpc) is 2.44. The quantitative estimate of drug-likeness (QED) is 0.785. The fraction of sp³-hybridized carbons (Fsp3) is 0.556. The molecule has 0 fully saturated rings. The Morgan fingerprint density at radius 2 is 2.50 bits per heavy atom. The third-order valence-corrected chi connectivity index (χ3v) is 4.40. The Balaban J connectivity index is 2.36. The van der Waals surface area contributed by atoms with Crippen LogP contribution in [0.4, 0.5) is 0 Å². The molecule has 0 aliphatic heterocycles. The first-order valence-corrected chi connectivity index (χ1v) is 6.16. The minimum atomic E-state index is 0.619. The lowest BCUT2D eigenvalue weighted by Crippen LogP contribution is -2.19.